The molecule has 7 rings (SSSR count). The number of rotatable bonds is 21. The summed E-state index contributed by atoms with van der Waals surface area (Å²) < 4.78 is 40.9. The number of ketones is 1. The molecule has 0 spiro atoms. The summed E-state index contributed by atoms with van der Waals surface area (Å²) in [6, 6.07) is 12.4. The fourth-order valence-corrected chi connectivity index (χ4v) is 10.8. The topological polar surface area (TPSA) is 263 Å². The molecule has 17 nitrogen and oxygen atoms in total. The van der Waals surface area contributed by atoms with Gasteiger partial charge in [0.25, 0.3) is 11.8 Å². The highest BCUT2D eigenvalue weighted by atomic mass is 32.1. The summed E-state index contributed by atoms with van der Waals surface area (Å²) in [4.78, 5) is 127. The number of amides is 7. The number of primary amides is 1. The van der Waals surface area contributed by atoms with Crippen LogP contribution in [-0.4, -0.2) is 86.0 Å². The Morgan fingerprint density at radius 2 is 1.67 bits per heavy atom. The molecule has 0 bridgehead atoms. The van der Waals surface area contributed by atoms with Crippen molar-refractivity contribution >= 4 is 81.8 Å². The number of carbonyl (C=O) groups is 8. The van der Waals surface area contributed by atoms with Crippen molar-refractivity contribution in [2.75, 3.05) is 4.90 Å². The number of piperidine rings is 1. The zero-order chi connectivity index (χ0) is 52.8. The molecule has 3 aliphatic heterocycles. The van der Waals surface area contributed by atoms with E-state index in [0.29, 0.717) is 46.3 Å². The minimum absolute atomic E-state index is 0.0419. The third-order valence-corrected chi connectivity index (χ3v) is 15.3. The summed E-state index contributed by atoms with van der Waals surface area (Å²) in [6.45, 7) is 3.91. The Morgan fingerprint density at radius 3 is 2.40 bits per heavy atom. The Bertz CT molecular complexity index is 2960. The molecule has 1 aromatic heterocycles. The molecular weight excluding hydrogens is 986 g/mol. The normalized spacial score (nSPS) is 17.4. The molecule has 386 valence electrons. The van der Waals surface area contributed by atoms with Gasteiger partial charge in [-0.1, -0.05) is 75.3 Å². The number of hydrogen-bond donors (Lipinski definition) is 6. The van der Waals surface area contributed by atoms with Gasteiger partial charge in [-0.3, -0.25) is 53.1 Å². The maximum absolute atomic E-state index is 14.7. The summed E-state index contributed by atoms with van der Waals surface area (Å²) in [5.41, 5.74) is 3.14. The number of hydrogen-bond acceptors (Lipinski definition) is 10. The van der Waals surface area contributed by atoms with Crippen LogP contribution in [0, 0.1) is 17.8 Å². The molecule has 7 N–H and O–H groups in total. The van der Waals surface area contributed by atoms with Crippen LogP contribution in [0.3, 0.4) is 0 Å². The van der Waals surface area contributed by atoms with Gasteiger partial charge in [-0.05, 0) is 90.9 Å². The monoisotopic (exact) mass is 1040 g/mol. The van der Waals surface area contributed by atoms with Crippen molar-refractivity contribution < 1.29 is 61.5 Å². The lowest BCUT2D eigenvalue weighted by molar-refractivity contribution is -0.137. The van der Waals surface area contributed by atoms with E-state index in [-0.39, 0.29) is 85.3 Å². The van der Waals surface area contributed by atoms with Crippen LogP contribution in [0.1, 0.15) is 133 Å². The van der Waals surface area contributed by atoms with Gasteiger partial charge < -0.3 is 31.1 Å². The number of nitrogens with two attached hydrogens (primary N) is 1. The van der Waals surface area contributed by atoms with Crippen molar-refractivity contribution in [1.82, 2.24) is 20.9 Å². The van der Waals surface area contributed by atoms with Gasteiger partial charge in [0.15, 0.2) is 5.78 Å². The second-order valence-electron chi connectivity index (χ2n) is 19.0. The Labute approximate surface area is 424 Å². The quantitative estimate of drug-likeness (QED) is 0.0241. The van der Waals surface area contributed by atoms with Crippen LogP contribution in [0.15, 0.2) is 66.7 Å². The molecule has 0 saturated carbocycles. The number of carbonyl (C=O) groups excluding carboxylic acids is 8. The van der Waals surface area contributed by atoms with Crippen molar-refractivity contribution in [1.29, 1.82) is 0 Å². The molecule has 1 saturated heterocycles. The van der Waals surface area contributed by atoms with E-state index >= 15 is 0 Å². The largest absolute Gasteiger partial charge is 0.399 e. The SMILES string of the molecule is CC(C)C[C@H](NC(=O)c1cc2cc(C(F)(F)P(=O)(O)O)ccc2s1)C(=O)N1c2ccccc2C[C@H]1C(=O)N[C@@H](CCC(N)=O)C(=O)CCCCCCCC#Cc1cccc2c1CN(C1CCC(=O)NC1=O)C2=O. The number of nitrogens with zero attached hydrogens (tertiary/aromatic N) is 2. The molecule has 21 heteroatoms. The summed E-state index contributed by atoms with van der Waals surface area (Å²) >= 11 is 0.932. The van der Waals surface area contributed by atoms with Gasteiger partial charge in [0, 0.05) is 65.7 Å². The average Bonchev–Trinajstić information content (AvgIpc) is 4.05. The van der Waals surface area contributed by atoms with Crippen LogP contribution in [0.25, 0.3) is 10.1 Å². The van der Waals surface area contributed by atoms with Crippen molar-refractivity contribution in [3.8, 4) is 11.8 Å². The van der Waals surface area contributed by atoms with Gasteiger partial charge in [-0.2, -0.15) is 8.78 Å². The molecule has 3 aromatic carbocycles. The zero-order valence-corrected chi connectivity index (χ0v) is 42.0. The molecule has 3 aliphatic rings. The summed E-state index contributed by atoms with van der Waals surface area (Å²) in [5.74, 6) is 2.20. The van der Waals surface area contributed by atoms with E-state index in [0.717, 1.165) is 48.3 Å². The average molecular weight is 1040 g/mol. The van der Waals surface area contributed by atoms with Crippen molar-refractivity contribution in [2.24, 2.45) is 11.7 Å². The van der Waals surface area contributed by atoms with Crippen molar-refractivity contribution in [3.05, 3.63) is 99.4 Å². The fraction of sp³-hybridized carbons (Fsp3) is 0.423. The lowest BCUT2D eigenvalue weighted by Gasteiger charge is -2.31. The maximum Gasteiger partial charge on any atom is 0.399 e. The van der Waals surface area contributed by atoms with Gasteiger partial charge in [0.1, 0.15) is 18.1 Å². The lowest BCUT2D eigenvalue weighted by atomic mass is 9.99. The highest BCUT2D eigenvalue weighted by Crippen LogP contribution is 2.59. The van der Waals surface area contributed by atoms with Crippen LogP contribution in [0.2, 0.25) is 0 Å². The minimum atomic E-state index is -5.85. The summed E-state index contributed by atoms with van der Waals surface area (Å²) in [5, 5.41) is 8.01. The first-order valence-electron chi connectivity index (χ1n) is 24.2. The van der Waals surface area contributed by atoms with E-state index < -0.39 is 72.5 Å². The molecule has 7 amide bonds. The fourth-order valence-electron chi connectivity index (χ4n) is 9.41. The predicted molar refractivity (Wildman–Crippen MR) is 267 cm³/mol. The summed E-state index contributed by atoms with van der Waals surface area (Å²) in [7, 11) is -5.85. The predicted octanol–water partition coefficient (Wildman–Crippen LogP) is 6.09. The number of para-hydroxylation sites is 1. The Kier molecular flexibility index (Phi) is 17.1. The zero-order valence-electron chi connectivity index (χ0n) is 40.3. The van der Waals surface area contributed by atoms with Crippen LogP contribution in [-0.2, 0) is 52.0 Å². The molecule has 4 atom stereocenters. The minimum Gasteiger partial charge on any atom is -0.370 e. The van der Waals surface area contributed by atoms with E-state index in [4.69, 9.17) is 5.73 Å². The summed E-state index contributed by atoms with van der Waals surface area (Å²) in [6.07, 6.45) is 4.77. The molecule has 4 aromatic rings. The van der Waals surface area contributed by atoms with Gasteiger partial charge in [0.2, 0.25) is 29.5 Å². The van der Waals surface area contributed by atoms with Gasteiger partial charge >= 0.3 is 13.3 Å². The van der Waals surface area contributed by atoms with Gasteiger partial charge in [0.05, 0.1) is 10.9 Å². The number of imide groups is 1. The maximum atomic E-state index is 14.7. The smallest absolute Gasteiger partial charge is 0.370 e. The molecule has 73 heavy (non-hydrogen) atoms. The molecule has 0 radical (unpaired) electrons. The first-order valence-corrected chi connectivity index (χ1v) is 26.6. The Hall–Kier alpha value is -6.65. The molecule has 4 heterocycles. The highest BCUT2D eigenvalue weighted by molar-refractivity contribution is 7.52. The second-order valence-corrected chi connectivity index (χ2v) is 21.7. The van der Waals surface area contributed by atoms with Crippen LogP contribution in [0.5, 0.6) is 0 Å². The number of nitrogens with one attached hydrogen (secondary N) is 3. The van der Waals surface area contributed by atoms with Crippen LogP contribution >= 0.6 is 18.9 Å². The van der Waals surface area contributed by atoms with E-state index in [1.165, 1.54) is 21.9 Å². The van der Waals surface area contributed by atoms with Crippen molar-refractivity contribution in [3.63, 3.8) is 0 Å². The third-order valence-electron chi connectivity index (χ3n) is 13.2. The first kappa shape index (κ1) is 54.1. The Balaban J connectivity index is 0.941. The molecule has 0 aliphatic carbocycles. The lowest BCUT2D eigenvalue weighted by Crippen LogP contribution is -2.57. The second kappa shape index (κ2) is 23.1. The number of alkyl halides is 2. The van der Waals surface area contributed by atoms with Gasteiger partial charge in [-0.15, -0.1) is 11.3 Å². The Morgan fingerprint density at radius 1 is 0.932 bits per heavy atom. The number of benzene rings is 3. The number of Topliss-reactive ketones (excluding diaryl/α,β-unsaturated/α-hetero) is 1. The van der Waals surface area contributed by atoms with E-state index in [1.807, 2.05) is 19.9 Å². The van der Waals surface area contributed by atoms with Gasteiger partial charge in [-0.25, -0.2) is 0 Å². The highest BCUT2D eigenvalue weighted by Gasteiger charge is 2.50. The van der Waals surface area contributed by atoms with Crippen LogP contribution in [0.4, 0.5) is 14.5 Å². The molecular formula is C52H57F2N6O11PS. The van der Waals surface area contributed by atoms with Crippen molar-refractivity contribution in [2.45, 2.75) is 134 Å². The molecule has 1 fully saturated rings. The number of unbranched alkanes of at least 4 members (excludes halogenated alkanes) is 5. The number of fused-ring (bicyclic) bond motifs is 3. The number of anilines is 1. The standard InChI is InChI=1S/C52H57F2N6O11PS/c1-30(2)25-38(57-49(66)44-28-33-26-34(19-22-43(33)73-44)52(53,54)72(69,70)71)51(68)60-39-17-11-10-14-32(39)27-41(60)48(65)56-37(20-23-45(55)62)42(61)18-9-7-5-3-4-6-8-13-31-15-12-16-35-36(31)29-59(50(35)67)40-21-24-46(63)58-47(40)64/h10-12,14-17,19,22,26,28,30,37-38,40-41H,3-7,9,18,20-21,23-25,27,29H2,1-2H3,(H2,55,62)(H,56,65)(H,57,66)(H,58,63,64)(H2,69,70,71)/t37-,38-,40?,41-/m0/s1. The van der Waals surface area contributed by atoms with E-state index in [9.17, 15) is 61.5 Å². The van der Waals surface area contributed by atoms with E-state index in [1.54, 1.807) is 36.4 Å². The number of halogens is 2. The van der Waals surface area contributed by atoms with E-state index in [2.05, 4.69) is 27.8 Å². The molecule has 1 unspecified atom stereocenters. The number of thiophene rings is 1. The van der Waals surface area contributed by atoms with Crippen LogP contribution < -0.4 is 26.6 Å². The third kappa shape index (κ3) is 12.6. The first-order chi connectivity index (χ1) is 34.6.